The Labute approximate surface area is 125 Å². The highest BCUT2D eigenvalue weighted by Gasteiger charge is 2.31. The summed E-state index contributed by atoms with van der Waals surface area (Å²) in [5.74, 6) is 0. The highest BCUT2D eigenvalue weighted by Crippen LogP contribution is 2.34. The molecule has 0 aliphatic rings. The van der Waals surface area contributed by atoms with Gasteiger partial charge in [-0.3, -0.25) is 0 Å². The fourth-order valence-electron chi connectivity index (χ4n) is 2.99. The van der Waals surface area contributed by atoms with Crippen LogP contribution in [0.15, 0.2) is 30.3 Å². The minimum Gasteiger partial charge on any atom is -0.310 e. The van der Waals surface area contributed by atoms with Crippen molar-refractivity contribution in [3.05, 3.63) is 35.9 Å². The van der Waals surface area contributed by atoms with Gasteiger partial charge in [0.1, 0.15) is 0 Å². The van der Waals surface area contributed by atoms with Crippen molar-refractivity contribution in [1.29, 1.82) is 0 Å². The van der Waals surface area contributed by atoms with Crippen molar-refractivity contribution in [3.63, 3.8) is 0 Å². The number of hydrogen-bond acceptors (Lipinski definition) is 2. The standard InChI is InChI=1S/C18H32N2/c1-6-8-14-20(5)15-18(3,4)17(19-7-2)16-12-10-9-11-13-16/h9-13,17,19H,6-8,14-15H2,1-5H3. The van der Waals surface area contributed by atoms with Crippen molar-refractivity contribution in [2.75, 3.05) is 26.7 Å². The first-order chi connectivity index (χ1) is 9.51. The molecule has 1 rings (SSSR count). The number of hydrogen-bond donors (Lipinski definition) is 1. The van der Waals surface area contributed by atoms with Gasteiger partial charge in [-0.2, -0.15) is 0 Å². The van der Waals surface area contributed by atoms with E-state index in [1.54, 1.807) is 0 Å². The zero-order chi connectivity index (χ0) is 15.0. The molecule has 0 aliphatic heterocycles. The largest absolute Gasteiger partial charge is 0.310 e. The smallest absolute Gasteiger partial charge is 0.0384 e. The molecule has 20 heavy (non-hydrogen) atoms. The molecule has 0 bridgehead atoms. The maximum atomic E-state index is 3.67. The van der Waals surface area contributed by atoms with E-state index in [0.29, 0.717) is 6.04 Å². The van der Waals surface area contributed by atoms with E-state index < -0.39 is 0 Å². The average Bonchev–Trinajstić information content (AvgIpc) is 2.42. The van der Waals surface area contributed by atoms with Gasteiger partial charge in [-0.15, -0.1) is 0 Å². The molecule has 1 atom stereocenters. The Hall–Kier alpha value is -0.860. The van der Waals surface area contributed by atoms with Crippen molar-refractivity contribution in [2.45, 2.75) is 46.6 Å². The van der Waals surface area contributed by atoms with Gasteiger partial charge in [-0.05, 0) is 37.5 Å². The number of nitrogens with zero attached hydrogens (tertiary/aromatic N) is 1. The van der Waals surface area contributed by atoms with Crippen LogP contribution in [0.3, 0.4) is 0 Å². The maximum Gasteiger partial charge on any atom is 0.0384 e. The highest BCUT2D eigenvalue weighted by molar-refractivity contribution is 5.21. The van der Waals surface area contributed by atoms with Crippen molar-refractivity contribution in [2.24, 2.45) is 5.41 Å². The van der Waals surface area contributed by atoms with Gasteiger partial charge in [0.05, 0.1) is 0 Å². The van der Waals surface area contributed by atoms with Crippen LogP contribution in [0.5, 0.6) is 0 Å². The molecule has 0 fully saturated rings. The van der Waals surface area contributed by atoms with Crippen molar-refractivity contribution >= 4 is 0 Å². The molecule has 0 aromatic heterocycles. The van der Waals surface area contributed by atoms with Crippen LogP contribution in [0.25, 0.3) is 0 Å². The second kappa shape index (κ2) is 8.43. The van der Waals surface area contributed by atoms with E-state index in [-0.39, 0.29) is 5.41 Å². The topological polar surface area (TPSA) is 15.3 Å². The van der Waals surface area contributed by atoms with Crippen LogP contribution in [-0.4, -0.2) is 31.6 Å². The maximum absolute atomic E-state index is 3.67. The molecule has 1 aromatic carbocycles. The summed E-state index contributed by atoms with van der Waals surface area (Å²) in [6, 6.07) is 11.2. The predicted octanol–water partition coefficient (Wildman–Crippen LogP) is 4.10. The quantitative estimate of drug-likeness (QED) is 0.730. The Morgan fingerprint density at radius 1 is 1.15 bits per heavy atom. The highest BCUT2D eigenvalue weighted by atomic mass is 15.1. The summed E-state index contributed by atoms with van der Waals surface area (Å²) in [6.07, 6.45) is 2.55. The SMILES string of the molecule is CCCCN(C)CC(C)(C)C(NCC)c1ccccc1. The fraction of sp³-hybridized carbons (Fsp3) is 0.667. The molecule has 0 saturated carbocycles. The second-order valence-electron chi connectivity index (χ2n) is 6.48. The summed E-state index contributed by atoms with van der Waals surface area (Å²) >= 11 is 0. The van der Waals surface area contributed by atoms with Crippen LogP contribution in [0, 0.1) is 5.41 Å². The van der Waals surface area contributed by atoms with Crippen LogP contribution in [0.1, 0.15) is 52.1 Å². The molecule has 1 aromatic rings. The molecule has 0 heterocycles. The lowest BCUT2D eigenvalue weighted by Gasteiger charge is -2.38. The van der Waals surface area contributed by atoms with Gasteiger partial charge >= 0.3 is 0 Å². The molecule has 0 amide bonds. The first kappa shape index (κ1) is 17.2. The second-order valence-corrected chi connectivity index (χ2v) is 6.48. The molecule has 114 valence electrons. The van der Waals surface area contributed by atoms with E-state index in [2.05, 4.69) is 75.3 Å². The normalized spacial score (nSPS) is 13.7. The molecule has 2 heteroatoms. The van der Waals surface area contributed by atoms with E-state index in [1.807, 2.05) is 0 Å². The Bertz CT molecular complexity index is 359. The summed E-state index contributed by atoms with van der Waals surface area (Å²) in [5.41, 5.74) is 1.60. The van der Waals surface area contributed by atoms with E-state index >= 15 is 0 Å². The lowest BCUT2D eigenvalue weighted by Crippen LogP contribution is -2.42. The molecule has 2 nitrogen and oxygen atoms in total. The lowest BCUT2D eigenvalue weighted by molar-refractivity contribution is 0.156. The van der Waals surface area contributed by atoms with E-state index in [4.69, 9.17) is 0 Å². The van der Waals surface area contributed by atoms with E-state index in [1.165, 1.54) is 24.9 Å². The average molecular weight is 276 g/mol. The van der Waals surface area contributed by atoms with Crippen LogP contribution in [0.4, 0.5) is 0 Å². The first-order valence-corrected chi connectivity index (χ1v) is 7.98. The summed E-state index contributed by atoms with van der Waals surface area (Å²) in [4.78, 5) is 2.47. The third kappa shape index (κ3) is 5.26. The van der Waals surface area contributed by atoms with Gasteiger partial charge < -0.3 is 10.2 Å². The van der Waals surface area contributed by atoms with Crippen LogP contribution >= 0.6 is 0 Å². The molecule has 0 aliphatic carbocycles. The minimum atomic E-state index is 0.208. The Kier molecular flexibility index (Phi) is 7.25. The number of rotatable bonds is 9. The molecule has 0 saturated heterocycles. The van der Waals surface area contributed by atoms with Gasteiger partial charge in [0.25, 0.3) is 0 Å². The third-order valence-corrected chi connectivity index (χ3v) is 3.89. The number of nitrogens with one attached hydrogen (secondary N) is 1. The molecule has 0 spiro atoms. The molecule has 1 unspecified atom stereocenters. The lowest BCUT2D eigenvalue weighted by atomic mass is 9.80. The van der Waals surface area contributed by atoms with Gasteiger partial charge in [0.2, 0.25) is 0 Å². The van der Waals surface area contributed by atoms with Crippen LogP contribution in [0.2, 0.25) is 0 Å². The zero-order valence-electron chi connectivity index (χ0n) is 13.9. The molecular weight excluding hydrogens is 244 g/mol. The number of benzene rings is 1. The Balaban J connectivity index is 2.78. The van der Waals surface area contributed by atoms with Crippen LogP contribution in [-0.2, 0) is 0 Å². The van der Waals surface area contributed by atoms with Crippen molar-refractivity contribution < 1.29 is 0 Å². The summed E-state index contributed by atoms with van der Waals surface area (Å²) in [6.45, 7) is 12.5. The van der Waals surface area contributed by atoms with Crippen molar-refractivity contribution in [3.8, 4) is 0 Å². The summed E-state index contributed by atoms with van der Waals surface area (Å²) in [5, 5.41) is 3.67. The summed E-state index contributed by atoms with van der Waals surface area (Å²) < 4.78 is 0. The molecular formula is C18H32N2. The monoisotopic (exact) mass is 276 g/mol. The first-order valence-electron chi connectivity index (χ1n) is 7.98. The van der Waals surface area contributed by atoms with Crippen LogP contribution < -0.4 is 5.32 Å². The molecule has 1 N–H and O–H groups in total. The summed E-state index contributed by atoms with van der Waals surface area (Å²) in [7, 11) is 2.24. The van der Waals surface area contributed by atoms with E-state index in [9.17, 15) is 0 Å². The predicted molar refractivity (Wildman–Crippen MR) is 89.0 cm³/mol. The van der Waals surface area contributed by atoms with Gasteiger partial charge in [-0.25, -0.2) is 0 Å². The van der Waals surface area contributed by atoms with Crippen molar-refractivity contribution in [1.82, 2.24) is 10.2 Å². The number of unbranched alkanes of at least 4 members (excludes halogenated alkanes) is 1. The van der Waals surface area contributed by atoms with Gasteiger partial charge in [-0.1, -0.05) is 64.4 Å². The third-order valence-electron chi connectivity index (χ3n) is 3.89. The zero-order valence-corrected chi connectivity index (χ0v) is 13.9. The van der Waals surface area contributed by atoms with Gasteiger partial charge in [0, 0.05) is 12.6 Å². The molecule has 0 radical (unpaired) electrons. The van der Waals surface area contributed by atoms with Gasteiger partial charge in [0.15, 0.2) is 0 Å². The minimum absolute atomic E-state index is 0.208. The Morgan fingerprint density at radius 3 is 2.35 bits per heavy atom. The Morgan fingerprint density at radius 2 is 1.80 bits per heavy atom. The fourth-order valence-corrected chi connectivity index (χ4v) is 2.99. The van der Waals surface area contributed by atoms with E-state index in [0.717, 1.165) is 13.1 Å².